The molecule has 1 aromatic carbocycles. The molecule has 1 aliphatic rings. The molecule has 0 spiro atoms. The van der Waals surface area contributed by atoms with Crippen LogP contribution in [-0.2, 0) is 6.42 Å². The van der Waals surface area contributed by atoms with E-state index < -0.39 is 0 Å². The minimum Gasteiger partial charge on any atom is -0.356 e. The second-order valence-corrected chi connectivity index (χ2v) is 7.63. The van der Waals surface area contributed by atoms with Crippen LogP contribution in [-0.4, -0.2) is 70.1 Å². The molecular weight excluding hydrogens is 374 g/mol. The summed E-state index contributed by atoms with van der Waals surface area (Å²) < 4.78 is 2.04. The Morgan fingerprint density at radius 2 is 1.80 bits per heavy atom. The van der Waals surface area contributed by atoms with Crippen molar-refractivity contribution in [2.45, 2.75) is 25.8 Å². The van der Waals surface area contributed by atoms with Gasteiger partial charge in [0.15, 0.2) is 11.6 Å². The average molecular weight is 406 g/mol. The van der Waals surface area contributed by atoms with Crippen molar-refractivity contribution < 1.29 is 0 Å². The summed E-state index contributed by atoms with van der Waals surface area (Å²) in [7, 11) is 1.86. The van der Waals surface area contributed by atoms with E-state index in [0.717, 1.165) is 63.0 Å². The van der Waals surface area contributed by atoms with E-state index in [0.29, 0.717) is 6.04 Å². The molecule has 1 unspecified atom stereocenters. The molecule has 7 nitrogen and oxygen atoms in total. The first-order valence-electron chi connectivity index (χ1n) is 10.8. The van der Waals surface area contributed by atoms with Crippen molar-refractivity contribution in [1.82, 2.24) is 29.7 Å². The van der Waals surface area contributed by atoms with E-state index in [1.54, 1.807) is 0 Å². The largest absolute Gasteiger partial charge is 0.356 e. The number of aliphatic imine (C=N–C) groups is 1. The van der Waals surface area contributed by atoms with Gasteiger partial charge in [-0.15, -0.1) is 10.2 Å². The molecule has 0 aliphatic carbocycles. The van der Waals surface area contributed by atoms with Crippen LogP contribution in [0.25, 0.3) is 5.65 Å². The maximum absolute atomic E-state index is 4.51. The number of hydrogen-bond acceptors (Lipinski definition) is 4. The van der Waals surface area contributed by atoms with Crippen LogP contribution < -0.4 is 5.32 Å². The van der Waals surface area contributed by atoms with Crippen molar-refractivity contribution in [2.24, 2.45) is 4.99 Å². The van der Waals surface area contributed by atoms with Gasteiger partial charge in [0.05, 0.1) is 0 Å². The number of fused-ring (bicyclic) bond motifs is 1. The highest BCUT2D eigenvalue weighted by atomic mass is 15.4. The zero-order chi connectivity index (χ0) is 20.8. The predicted molar refractivity (Wildman–Crippen MR) is 121 cm³/mol. The van der Waals surface area contributed by atoms with Gasteiger partial charge < -0.3 is 10.2 Å². The van der Waals surface area contributed by atoms with Crippen LogP contribution in [0.2, 0.25) is 0 Å². The first-order valence-corrected chi connectivity index (χ1v) is 10.8. The molecule has 30 heavy (non-hydrogen) atoms. The van der Waals surface area contributed by atoms with Crippen LogP contribution in [0.5, 0.6) is 0 Å². The smallest absolute Gasteiger partial charge is 0.193 e. The highest BCUT2D eigenvalue weighted by Gasteiger charge is 2.25. The Hall–Kier alpha value is -2.93. The highest BCUT2D eigenvalue weighted by Crippen LogP contribution is 2.25. The molecule has 1 atom stereocenters. The van der Waals surface area contributed by atoms with Gasteiger partial charge >= 0.3 is 0 Å². The first kappa shape index (κ1) is 20.3. The molecule has 3 heterocycles. The molecule has 7 heteroatoms. The van der Waals surface area contributed by atoms with E-state index in [-0.39, 0.29) is 0 Å². The Labute approximate surface area is 178 Å². The molecule has 4 rings (SSSR count). The SMILES string of the molecule is CCC(c1ccccc1)N1CCN(C(=NC)NCCc2nnc3ccccn23)CC1. The Balaban J connectivity index is 1.30. The molecule has 1 saturated heterocycles. The quantitative estimate of drug-likeness (QED) is 0.505. The molecule has 0 amide bonds. The molecule has 0 saturated carbocycles. The predicted octanol–water partition coefficient (Wildman–Crippen LogP) is 2.62. The number of nitrogens with zero attached hydrogens (tertiary/aromatic N) is 6. The second-order valence-electron chi connectivity index (χ2n) is 7.63. The Morgan fingerprint density at radius 3 is 2.53 bits per heavy atom. The van der Waals surface area contributed by atoms with E-state index in [1.165, 1.54) is 5.56 Å². The first-order chi connectivity index (χ1) is 14.8. The van der Waals surface area contributed by atoms with Gasteiger partial charge in [-0.05, 0) is 24.1 Å². The lowest BCUT2D eigenvalue weighted by atomic mass is 10.0. The van der Waals surface area contributed by atoms with E-state index >= 15 is 0 Å². The lowest BCUT2D eigenvalue weighted by molar-refractivity contribution is 0.127. The zero-order valence-electron chi connectivity index (χ0n) is 17.9. The van der Waals surface area contributed by atoms with Crippen molar-refractivity contribution in [2.75, 3.05) is 39.8 Å². The number of piperazine rings is 1. The lowest BCUT2D eigenvalue weighted by Gasteiger charge is -2.40. The summed E-state index contributed by atoms with van der Waals surface area (Å²) in [5.74, 6) is 1.93. The summed E-state index contributed by atoms with van der Waals surface area (Å²) in [5, 5.41) is 12.0. The summed E-state index contributed by atoms with van der Waals surface area (Å²) in [6.45, 7) is 7.11. The fourth-order valence-corrected chi connectivity index (χ4v) is 4.31. The minimum atomic E-state index is 0.490. The van der Waals surface area contributed by atoms with E-state index in [1.807, 2.05) is 35.8 Å². The van der Waals surface area contributed by atoms with Crippen molar-refractivity contribution in [3.05, 3.63) is 66.1 Å². The van der Waals surface area contributed by atoms with E-state index in [2.05, 4.69) is 67.6 Å². The number of guanidine groups is 1. The molecular formula is C23H31N7. The molecule has 1 aliphatic heterocycles. The summed E-state index contributed by atoms with van der Waals surface area (Å²) in [4.78, 5) is 9.47. The molecule has 1 N–H and O–H groups in total. The fraction of sp³-hybridized carbons (Fsp3) is 0.435. The number of pyridine rings is 1. The molecule has 0 radical (unpaired) electrons. The van der Waals surface area contributed by atoms with Crippen LogP contribution in [0.1, 0.15) is 30.8 Å². The van der Waals surface area contributed by atoms with Crippen molar-refractivity contribution in [3.63, 3.8) is 0 Å². The zero-order valence-corrected chi connectivity index (χ0v) is 17.9. The third-order valence-electron chi connectivity index (χ3n) is 5.85. The Morgan fingerprint density at radius 1 is 1.03 bits per heavy atom. The van der Waals surface area contributed by atoms with Crippen LogP contribution in [0, 0.1) is 0 Å². The number of rotatable bonds is 6. The van der Waals surface area contributed by atoms with Gasteiger partial charge in [-0.2, -0.15) is 0 Å². The Kier molecular flexibility index (Phi) is 6.59. The minimum absolute atomic E-state index is 0.490. The Bertz CT molecular complexity index is 958. The topological polar surface area (TPSA) is 61.1 Å². The van der Waals surface area contributed by atoms with Gasteiger partial charge in [0.1, 0.15) is 5.82 Å². The second kappa shape index (κ2) is 9.71. The number of aromatic nitrogens is 3. The molecule has 158 valence electrons. The standard InChI is InChI=1S/C23H31N7/c1-3-20(19-9-5-4-6-10-19)28-15-17-29(18-16-28)23(24-2)25-13-12-22-27-26-21-11-7-8-14-30(21)22/h4-11,14,20H,3,12-13,15-18H2,1-2H3,(H,24,25). The van der Waals surface area contributed by atoms with Gasteiger partial charge in [-0.3, -0.25) is 14.3 Å². The number of hydrogen-bond donors (Lipinski definition) is 1. The van der Waals surface area contributed by atoms with Crippen LogP contribution in [0.15, 0.2) is 59.7 Å². The summed E-state index contributed by atoms with van der Waals surface area (Å²) in [5.41, 5.74) is 2.30. The van der Waals surface area contributed by atoms with Crippen LogP contribution in [0.3, 0.4) is 0 Å². The van der Waals surface area contributed by atoms with Crippen LogP contribution >= 0.6 is 0 Å². The monoisotopic (exact) mass is 405 g/mol. The molecule has 1 fully saturated rings. The average Bonchev–Trinajstić information content (AvgIpc) is 3.22. The van der Waals surface area contributed by atoms with Crippen molar-refractivity contribution >= 4 is 11.6 Å². The molecule has 0 bridgehead atoms. The highest BCUT2D eigenvalue weighted by molar-refractivity contribution is 5.80. The van der Waals surface area contributed by atoms with Crippen molar-refractivity contribution in [1.29, 1.82) is 0 Å². The van der Waals surface area contributed by atoms with Crippen LogP contribution in [0.4, 0.5) is 0 Å². The summed E-state index contributed by atoms with van der Waals surface area (Å²) >= 11 is 0. The third-order valence-corrected chi connectivity index (χ3v) is 5.85. The lowest BCUT2D eigenvalue weighted by Crippen LogP contribution is -2.53. The van der Waals surface area contributed by atoms with Gasteiger partial charge in [0, 0.05) is 58.4 Å². The third kappa shape index (κ3) is 4.46. The number of nitrogens with one attached hydrogen (secondary N) is 1. The number of benzene rings is 1. The molecule has 2 aromatic heterocycles. The maximum atomic E-state index is 4.51. The van der Waals surface area contributed by atoms with E-state index in [4.69, 9.17) is 0 Å². The summed E-state index contributed by atoms with van der Waals surface area (Å²) in [6, 6.07) is 17.3. The van der Waals surface area contributed by atoms with E-state index in [9.17, 15) is 0 Å². The fourth-order valence-electron chi connectivity index (χ4n) is 4.31. The summed E-state index contributed by atoms with van der Waals surface area (Å²) in [6.07, 6.45) is 3.94. The van der Waals surface area contributed by atoms with Crippen molar-refractivity contribution in [3.8, 4) is 0 Å². The van der Waals surface area contributed by atoms with Gasteiger partial charge in [0.2, 0.25) is 0 Å². The van der Waals surface area contributed by atoms with Gasteiger partial charge in [0.25, 0.3) is 0 Å². The normalized spacial score (nSPS) is 16.7. The maximum Gasteiger partial charge on any atom is 0.193 e. The van der Waals surface area contributed by atoms with Gasteiger partial charge in [-0.1, -0.05) is 43.3 Å². The van der Waals surface area contributed by atoms with Gasteiger partial charge in [-0.25, -0.2) is 0 Å². The molecule has 3 aromatic rings.